The Bertz CT molecular complexity index is 645. The van der Waals surface area contributed by atoms with Gasteiger partial charge in [0, 0.05) is 18.5 Å². The van der Waals surface area contributed by atoms with Crippen LogP contribution in [0, 0.1) is 5.82 Å². The number of benzene rings is 1. The number of fused-ring (bicyclic) bond motifs is 1. The molecule has 1 aromatic heterocycles. The highest BCUT2D eigenvalue weighted by Gasteiger charge is 2.41. The van der Waals surface area contributed by atoms with Gasteiger partial charge in [-0.1, -0.05) is 12.1 Å². The normalized spacial score (nSPS) is 19.9. The Balaban J connectivity index is 1.56. The summed E-state index contributed by atoms with van der Waals surface area (Å²) < 4.78 is 26.5. The zero-order valence-electron chi connectivity index (χ0n) is 11.7. The SMILES string of the molecule is Fc1ccc(Cn2ncc3c2CCC2(C3)OCCO2)cc1. The topological polar surface area (TPSA) is 36.3 Å². The number of ether oxygens (including phenoxy) is 2. The van der Waals surface area contributed by atoms with Gasteiger partial charge in [-0.25, -0.2) is 4.39 Å². The predicted molar refractivity (Wildman–Crippen MR) is 74.4 cm³/mol. The smallest absolute Gasteiger partial charge is 0.172 e. The zero-order valence-corrected chi connectivity index (χ0v) is 11.7. The first kappa shape index (κ1) is 13.0. The maximum atomic E-state index is 13.0. The Labute approximate surface area is 122 Å². The third kappa shape index (κ3) is 2.36. The average Bonchev–Trinajstić information content (AvgIpc) is 3.10. The number of hydrogen-bond donors (Lipinski definition) is 0. The van der Waals surface area contributed by atoms with E-state index in [1.807, 2.05) is 10.9 Å². The molecule has 1 saturated heterocycles. The Kier molecular flexibility index (Phi) is 3.05. The van der Waals surface area contributed by atoms with Crippen molar-refractivity contribution >= 4 is 0 Å². The molecule has 0 radical (unpaired) electrons. The molecule has 0 bridgehead atoms. The molecule has 4 rings (SSSR count). The van der Waals surface area contributed by atoms with E-state index in [0.29, 0.717) is 19.8 Å². The second-order valence-corrected chi connectivity index (χ2v) is 5.69. The van der Waals surface area contributed by atoms with Crippen LogP contribution in [0.5, 0.6) is 0 Å². The van der Waals surface area contributed by atoms with Gasteiger partial charge in [0.25, 0.3) is 0 Å². The summed E-state index contributed by atoms with van der Waals surface area (Å²) in [7, 11) is 0. The van der Waals surface area contributed by atoms with Crippen molar-refractivity contribution in [2.24, 2.45) is 0 Å². The highest BCUT2D eigenvalue weighted by atomic mass is 19.1. The van der Waals surface area contributed by atoms with Gasteiger partial charge in [0.2, 0.25) is 0 Å². The number of nitrogens with zero attached hydrogens (tertiary/aromatic N) is 2. The largest absolute Gasteiger partial charge is 0.347 e. The minimum atomic E-state index is -0.420. The molecule has 1 aliphatic carbocycles. The van der Waals surface area contributed by atoms with E-state index in [-0.39, 0.29) is 5.82 Å². The van der Waals surface area contributed by atoms with Crippen molar-refractivity contribution in [2.45, 2.75) is 31.6 Å². The summed E-state index contributed by atoms with van der Waals surface area (Å²) in [6.07, 6.45) is 4.45. The maximum Gasteiger partial charge on any atom is 0.172 e. The van der Waals surface area contributed by atoms with Gasteiger partial charge in [-0.2, -0.15) is 5.10 Å². The van der Waals surface area contributed by atoms with Gasteiger partial charge in [-0.15, -0.1) is 0 Å². The summed E-state index contributed by atoms with van der Waals surface area (Å²) in [6.45, 7) is 2.03. The van der Waals surface area contributed by atoms with Crippen LogP contribution in [-0.2, 0) is 28.9 Å². The van der Waals surface area contributed by atoms with E-state index in [9.17, 15) is 4.39 Å². The minimum Gasteiger partial charge on any atom is -0.347 e. The number of hydrogen-bond acceptors (Lipinski definition) is 3. The lowest BCUT2D eigenvalue weighted by Crippen LogP contribution is -2.37. The van der Waals surface area contributed by atoms with Crippen LogP contribution in [0.3, 0.4) is 0 Å². The Morgan fingerprint density at radius 3 is 2.71 bits per heavy atom. The molecule has 4 nitrogen and oxygen atoms in total. The third-order valence-corrected chi connectivity index (χ3v) is 4.30. The molecule has 2 aromatic rings. The van der Waals surface area contributed by atoms with Crippen molar-refractivity contribution < 1.29 is 13.9 Å². The second kappa shape index (κ2) is 4.93. The lowest BCUT2D eigenvalue weighted by molar-refractivity contribution is -0.164. The summed E-state index contributed by atoms with van der Waals surface area (Å²) in [5.74, 6) is -0.629. The quantitative estimate of drug-likeness (QED) is 0.851. The van der Waals surface area contributed by atoms with E-state index in [2.05, 4.69) is 5.10 Å². The van der Waals surface area contributed by atoms with Crippen LogP contribution in [-0.4, -0.2) is 28.8 Å². The molecule has 0 saturated carbocycles. The van der Waals surface area contributed by atoms with Gasteiger partial charge in [0.05, 0.1) is 26.0 Å². The lowest BCUT2D eigenvalue weighted by atomic mass is 9.92. The van der Waals surface area contributed by atoms with Crippen LogP contribution in [0.25, 0.3) is 0 Å². The summed E-state index contributed by atoms with van der Waals surface area (Å²) in [4.78, 5) is 0. The van der Waals surface area contributed by atoms with Crippen molar-refractivity contribution in [3.05, 3.63) is 53.1 Å². The van der Waals surface area contributed by atoms with E-state index >= 15 is 0 Å². The van der Waals surface area contributed by atoms with Crippen molar-refractivity contribution in [1.29, 1.82) is 0 Å². The molecule has 0 unspecified atom stereocenters. The van der Waals surface area contributed by atoms with E-state index in [1.54, 1.807) is 12.1 Å². The van der Waals surface area contributed by atoms with Crippen LogP contribution in [0.15, 0.2) is 30.5 Å². The minimum absolute atomic E-state index is 0.210. The van der Waals surface area contributed by atoms with Crippen molar-refractivity contribution in [1.82, 2.24) is 9.78 Å². The summed E-state index contributed by atoms with van der Waals surface area (Å²) in [5.41, 5.74) is 3.49. The molecule has 1 spiro atoms. The van der Waals surface area contributed by atoms with Gasteiger partial charge in [-0.05, 0) is 29.7 Å². The Hall–Kier alpha value is -1.72. The monoisotopic (exact) mass is 288 g/mol. The first-order chi connectivity index (χ1) is 10.2. The molecule has 110 valence electrons. The summed E-state index contributed by atoms with van der Waals surface area (Å²) in [5, 5.41) is 4.48. The van der Waals surface area contributed by atoms with Crippen molar-refractivity contribution in [3.8, 4) is 0 Å². The molecular weight excluding hydrogens is 271 g/mol. The highest BCUT2D eigenvalue weighted by Crippen LogP contribution is 2.35. The van der Waals surface area contributed by atoms with Crippen LogP contribution in [0.4, 0.5) is 4.39 Å². The molecule has 0 amide bonds. The Morgan fingerprint density at radius 1 is 1.19 bits per heavy atom. The van der Waals surface area contributed by atoms with Gasteiger partial charge in [0.1, 0.15) is 5.82 Å². The van der Waals surface area contributed by atoms with Crippen molar-refractivity contribution in [3.63, 3.8) is 0 Å². The number of aromatic nitrogens is 2. The van der Waals surface area contributed by atoms with Crippen LogP contribution in [0.1, 0.15) is 23.2 Å². The molecule has 5 heteroatoms. The van der Waals surface area contributed by atoms with E-state index in [4.69, 9.17) is 9.47 Å². The second-order valence-electron chi connectivity index (χ2n) is 5.69. The van der Waals surface area contributed by atoms with Crippen LogP contribution < -0.4 is 0 Å². The molecule has 2 heterocycles. The standard InChI is InChI=1S/C16H17FN2O2/c17-14-3-1-12(2-4-14)11-19-15-5-6-16(20-7-8-21-16)9-13(15)10-18-19/h1-4,10H,5-9,11H2. The third-order valence-electron chi connectivity index (χ3n) is 4.30. The fourth-order valence-corrected chi connectivity index (χ4v) is 3.22. The first-order valence-electron chi connectivity index (χ1n) is 7.30. The Morgan fingerprint density at radius 2 is 1.95 bits per heavy atom. The van der Waals surface area contributed by atoms with Crippen LogP contribution >= 0.6 is 0 Å². The van der Waals surface area contributed by atoms with Gasteiger partial charge >= 0.3 is 0 Å². The van der Waals surface area contributed by atoms with Gasteiger partial charge in [0.15, 0.2) is 5.79 Å². The van der Waals surface area contributed by atoms with Crippen molar-refractivity contribution in [2.75, 3.05) is 13.2 Å². The van der Waals surface area contributed by atoms with Gasteiger partial charge < -0.3 is 9.47 Å². The van der Waals surface area contributed by atoms with Gasteiger partial charge in [-0.3, -0.25) is 4.68 Å². The molecule has 2 aliphatic rings. The summed E-state index contributed by atoms with van der Waals surface area (Å²) in [6, 6.07) is 6.58. The number of halogens is 1. The molecule has 1 aromatic carbocycles. The van der Waals surface area contributed by atoms with E-state index in [1.165, 1.54) is 23.4 Å². The molecule has 0 N–H and O–H groups in total. The fourth-order valence-electron chi connectivity index (χ4n) is 3.22. The van der Waals surface area contributed by atoms with E-state index in [0.717, 1.165) is 24.8 Å². The molecular formula is C16H17FN2O2. The zero-order chi connectivity index (χ0) is 14.3. The van der Waals surface area contributed by atoms with E-state index < -0.39 is 5.79 Å². The summed E-state index contributed by atoms with van der Waals surface area (Å²) >= 11 is 0. The lowest BCUT2D eigenvalue weighted by Gasteiger charge is -2.31. The molecule has 1 aliphatic heterocycles. The maximum absolute atomic E-state index is 13.0. The first-order valence-corrected chi connectivity index (χ1v) is 7.30. The molecule has 0 atom stereocenters. The van der Waals surface area contributed by atoms with Crippen LogP contribution in [0.2, 0.25) is 0 Å². The predicted octanol–water partition coefficient (Wildman–Crippen LogP) is 2.30. The molecule has 21 heavy (non-hydrogen) atoms. The number of rotatable bonds is 2. The average molecular weight is 288 g/mol. The molecule has 1 fully saturated rings. The fraction of sp³-hybridized carbons (Fsp3) is 0.438. The highest BCUT2D eigenvalue weighted by molar-refractivity contribution is 5.25.